The third-order valence-electron chi connectivity index (χ3n) is 3.90. The Morgan fingerprint density at radius 1 is 1.41 bits per heavy atom. The first-order valence-electron chi connectivity index (χ1n) is 8.56. The summed E-state index contributed by atoms with van der Waals surface area (Å²) >= 11 is 1.42. The summed E-state index contributed by atoms with van der Waals surface area (Å²) in [6, 6.07) is -0.179. The van der Waals surface area contributed by atoms with Crippen molar-refractivity contribution in [3.8, 4) is 0 Å². The number of thioether (sulfide) groups is 1. The second-order valence-electron chi connectivity index (χ2n) is 5.77. The van der Waals surface area contributed by atoms with Crippen molar-refractivity contribution < 1.29 is 18.0 Å². The highest BCUT2D eigenvalue weighted by molar-refractivity contribution is 7.98. The molecule has 0 spiro atoms. The molecule has 1 heterocycles. The molecule has 1 atom stereocenters. The molecule has 0 fully saturated rings. The van der Waals surface area contributed by atoms with Crippen LogP contribution in [0.1, 0.15) is 30.2 Å². The molecule has 156 valence electrons. The molecule has 0 aliphatic rings. The number of aromatic nitrogens is 1. The molecule has 1 amide bonds. The Morgan fingerprint density at radius 2 is 2.10 bits per heavy atom. The minimum atomic E-state index is -4.68. The number of nitrogens with one attached hydrogen (secondary N) is 1. The van der Waals surface area contributed by atoms with E-state index in [2.05, 4.69) is 28.6 Å². The van der Waals surface area contributed by atoms with Crippen molar-refractivity contribution >= 4 is 35.1 Å². The summed E-state index contributed by atoms with van der Waals surface area (Å²) in [6.07, 6.45) is 4.55. The maximum absolute atomic E-state index is 13.7. The van der Waals surface area contributed by atoms with Gasteiger partial charge in [0, 0.05) is 10.7 Å². The van der Waals surface area contributed by atoms with Gasteiger partial charge in [-0.25, -0.2) is 4.98 Å². The van der Waals surface area contributed by atoms with Crippen LogP contribution >= 0.6 is 11.8 Å². The van der Waals surface area contributed by atoms with Gasteiger partial charge in [0.25, 0.3) is 0 Å². The second kappa shape index (κ2) is 11.4. The molecule has 0 aliphatic carbocycles. The first kappa shape index (κ1) is 24.4. The number of carbonyl (C=O) groups excluding carboxylic acids is 1. The third-order valence-corrected chi connectivity index (χ3v) is 4.54. The average Bonchev–Trinajstić information content (AvgIpc) is 2.69. The first-order valence-corrected chi connectivity index (χ1v) is 9.95. The molecule has 0 bridgehead atoms. The zero-order chi connectivity index (χ0) is 22.0. The highest BCUT2D eigenvalue weighted by Gasteiger charge is 2.35. The molecule has 29 heavy (non-hydrogen) atoms. The number of alkyl halides is 3. The largest absolute Gasteiger partial charge is 0.417 e. The summed E-state index contributed by atoms with van der Waals surface area (Å²) in [7, 11) is 0. The number of halogens is 3. The van der Waals surface area contributed by atoms with Crippen molar-refractivity contribution in [1.82, 2.24) is 4.98 Å². The zero-order valence-corrected chi connectivity index (χ0v) is 16.9. The number of hydrogen-bond donors (Lipinski definition) is 1. The summed E-state index contributed by atoms with van der Waals surface area (Å²) < 4.78 is 41.1. The van der Waals surface area contributed by atoms with Gasteiger partial charge in [0.1, 0.15) is 11.9 Å². The van der Waals surface area contributed by atoms with Gasteiger partial charge in [0.2, 0.25) is 0 Å². The number of allylic oxidation sites excluding steroid dienone is 5. The Kier molecular flexibility index (Phi) is 9.54. The molecule has 1 rings (SSSR count). The van der Waals surface area contributed by atoms with E-state index >= 15 is 0 Å². The molecular formula is C20H22F3N3O2S. The maximum Gasteiger partial charge on any atom is 0.417 e. The Morgan fingerprint density at radius 3 is 2.59 bits per heavy atom. The van der Waals surface area contributed by atoms with E-state index in [9.17, 15) is 22.9 Å². The minimum absolute atomic E-state index is 0.0427. The fourth-order valence-corrected chi connectivity index (χ4v) is 2.95. The number of nitrogens with zero attached hydrogens (tertiary/aromatic N) is 2. The number of pyridine rings is 1. The molecule has 0 radical (unpaired) electrons. The highest BCUT2D eigenvalue weighted by Crippen LogP contribution is 2.37. The Hall–Kier alpha value is -2.68. The number of hydrogen-bond acceptors (Lipinski definition) is 5. The monoisotopic (exact) mass is 425 g/mol. The predicted molar refractivity (Wildman–Crippen MR) is 114 cm³/mol. The van der Waals surface area contributed by atoms with Gasteiger partial charge < -0.3 is 5.32 Å². The molecule has 5 nitrogen and oxygen atoms in total. The van der Waals surface area contributed by atoms with E-state index < -0.39 is 23.7 Å². The summed E-state index contributed by atoms with van der Waals surface area (Å²) in [5.41, 5.74) is -0.797. The van der Waals surface area contributed by atoms with Crippen LogP contribution in [0.2, 0.25) is 0 Å². The third kappa shape index (κ3) is 6.70. The van der Waals surface area contributed by atoms with Crippen molar-refractivity contribution in [2.45, 2.75) is 25.6 Å². The number of amides is 1. The van der Waals surface area contributed by atoms with E-state index in [-0.39, 0.29) is 23.5 Å². The molecule has 0 saturated carbocycles. The molecule has 0 aromatic carbocycles. The molecular weight excluding hydrogens is 403 g/mol. The van der Waals surface area contributed by atoms with Crippen LogP contribution in [0.3, 0.4) is 0 Å². The van der Waals surface area contributed by atoms with Gasteiger partial charge in [0.05, 0.1) is 11.3 Å². The summed E-state index contributed by atoms with van der Waals surface area (Å²) in [4.78, 5) is 26.9. The van der Waals surface area contributed by atoms with Crippen molar-refractivity contribution in [2.75, 3.05) is 17.3 Å². The molecule has 0 unspecified atom stereocenters. The lowest BCUT2D eigenvalue weighted by Crippen LogP contribution is -2.30. The Bertz CT molecular complexity index is 833. The smallest absolute Gasteiger partial charge is 0.358 e. The fraction of sp³-hybridized carbons (Fsp3) is 0.300. The quantitative estimate of drug-likeness (QED) is 0.384. The Balaban J connectivity index is 3.64. The van der Waals surface area contributed by atoms with Crippen molar-refractivity contribution in [3.05, 3.63) is 65.3 Å². The molecule has 9 heteroatoms. The van der Waals surface area contributed by atoms with E-state index in [1.54, 1.807) is 31.4 Å². The SMILES string of the molecule is C=C/C=C\C(=C/C)c1cc(C(F)(F)F)c(C=C)c(N[C@@H](CCSC)C(=O)N=O)n1. The normalized spacial score (nSPS) is 13.2. The number of anilines is 1. The lowest BCUT2D eigenvalue weighted by atomic mass is 10.0. The van der Waals surface area contributed by atoms with Crippen LogP contribution in [0.4, 0.5) is 19.0 Å². The van der Waals surface area contributed by atoms with Gasteiger partial charge in [-0.15, -0.1) is 4.91 Å². The molecule has 0 aliphatic heterocycles. The number of nitroso groups, excluding NO2 is 1. The number of rotatable bonds is 10. The maximum atomic E-state index is 13.7. The standard InChI is InChI=1S/C20H22F3N3O2S/c1-5-8-9-13(6-2)17-12-15(20(21,22)23)14(7-3)18(25-17)24-16(10-11-29-4)19(27)26-28/h5-9,12,16H,1,3,10-11H2,2,4H3,(H,24,25)/b9-8-,13-6+/t16-/m0/s1. The summed E-state index contributed by atoms with van der Waals surface area (Å²) in [5, 5.41) is 5.07. The van der Waals surface area contributed by atoms with Gasteiger partial charge in [-0.05, 0) is 37.0 Å². The summed E-state index contributed by atoms with van der Waals surface area (Å²) in [5.74, 6) is -0.706. The van der Waals surface area contributed by atoms with E-state index in [1.165, 1.54) is 17.8 Å². The highest BCUT2D eigenvalue weighted by atomic mass is 32.2. The number of carbonyl (C=O) groups is 1. The van der Waals surface area contributed by atoms with E-state index in [1.807, 2.05) is 0 Å². The van der Waals surface area contributed by atoms with Gasteiger partial charge >= 0.3 is 12.1 Å². The van der Waals surface area contributed by atoms with Gasteiger partial charge in [0.15, 0.2) is 0 Å². The first-order chi connectivity index (χ1) is 13.7. The second-order valence-corrected chi connectivity index (χ2v) is 6.75. The van der Waals surface area contributed by atoms with Crippen LogP contribution in [-0.4, -0.2) is 28.9 Å². The van der Waals surface area contributed by atoms with Gasteiger partial charge in [-0.2, -0.15) is 24.9 Å². The molecule has 1 N–H and O–H groups in total. The van der Waals surface area contributed by atoms with Crippen molar-refractivity contribution in [3.63, 3.8) is 0 Å². The lowest BCUT2D eigenvalue weighted by molar-refractivity contribution is -0.137. The van der Waals surface area contributed by atoms with Crippen LogP contribution in [0, 0.1) is 4.91 Å². The van der Waals surface area contributed by atoms with E-state index in [0.717, 1.165) is 12.1 Å². The van der Waals surface area contributed by atoms with Crippen molar-refractivity contribution in [1.29, 1.82) is 0 Å². The van der Waals surface area contributed by atoms with Crippen LogP contribution < -0.4 is 5.32 Å². The minimum Gasteiger partial charge on any atom is -0.358 e. The van der Waals surface area contributed by atoms with Crippen LogP contribution in [-0.2, 0) is 11.0 Å². The van der Waals surface area contributed by atoms with Crippen molar-refractivity contribution in [2.24, 2.45) is 5.18 Å². The Labute approximate surface area is 171 Å². The van der Waals surface area contributed by atoms with Gasteiger partial charge in [-0.3, -0.25) is 4.79 Å². The van der Waals surface area contributed by atoms with Crippen LogP contribution in [0.5, 0.6) is 0 Å². The lowest BCUT2D eigenvalue weighted by Gasteiger charge is -2.20. The van der Waals surface area contributed by atoms with Crippen LogP contribution in [0.25, 0.3) is 11.6 Å². The van der Waals surface area contributed by atoms with Crippen LogP contribution in [0.15, 0.2) is 48.7 Å². The average molecular weight is 425 g/mol. The summed E-state index contributed by atoms with van der Waals surface area (Å²) in [6.45, 7) is 8.65. The predicted octanol–water partition coefficient (Wildman–Crippen LogP) is 5.72. The van der Waals surface area contributed by atoms with E-state index in [4.69, 9.17) is 0 Å². The molecule has 1 aromatic heterocycles. The zero-order valence-electron chi connectivity index (χ0n) is 16.1. The molecule has 0 saturated heterocycles. The fourth-order valence-electron chi connectivity index (χ4n) is 2.48. The van der Waals surface area contributed by atoms with Gasteiger partial charge in [-0.1, -0.05) is 43.5 Å². The van der Waals surface area contributed by atoms with E-state index in [0.29, 0.717) is 11.3 Å². The molecule has 1 aromatic rings. The topological polar surface area (TPSA) is 71.4 Å².